The van der Waals surface area contributed by atoms with Crippen molar-refractivity contribution in [3.8, 4) is 11.5 Å². The van der Waals surface area contributed by atoms with Crippen LogP contribution in [0.3, 0.4) is 0 Å². The van der Waals surface area contributed by atoms with Crippen LogP contribution in [0.15, 0.2) is 24.4 Å². The Hall–Kier alpha value is -1.50. The van der Waals surface area contributed by atoms with Crippen molar-refractivity contribution in [2.24, 2.45) is 0 Å². The van der Waals surface area contributed by atoms with Crippen molar-refractivity contribution in [2.75, 3.05) is 19.9 Å². The molecule has 0 spiro atoms. The third kappa shape index (κ3) is 4.26. The lowest BCUT2D eigenvalue weighted by molar-refractivity contribution is 0.320. The molecule has 0 amide bonds. The van der Waals surface area contributed by atoms with Crippen molar-refractivity contribution < 1.29 is 9.84 Å². The highest BCUT2D eigenvalue weighted by Gasteiger charge is 2.07. The number of rotatable bonds is 5. The number of hydrogen-bond acceptors (Lipinski definition) is 6. The molecule has 0 bridgehead atoms. The van der Waals surface area contributed by atoms with Crippen LogP contribution in [0.5, 0.6) is 11.5 Å². The van der Waals surface area contributed by atoms with E-state index in [1.807, 2.05) is 13.1 Å². The topological polar surface area (TPSA) is 71.6 Å². The maximum absolute atomic E-state index is 9.73. The van der Waals surface area contributed by atoms with Gasteiger partial charge in [-0.15, -0.1) is 23.7 Å². The van der Waals surface area contributed by atoms with Gasteiger partial charge in [-0.1, -0.05) is 6.07 Å². The lowest BCUT2D eigenvalue weighted by Crippen LogP contribution is -2.16. The lowest BCUT2D eigenvalue weighted by Gasteiger charge is -2.16. The number of nitrogens with two attached hydrogens (primary N) is 1. The van der Waals surface area contributed by atoms with Crippen LogP contribution in [-0.4, -0.2) is 29.1 Å². The van der Waals surface area contributed by atoms with Crippen LogP contribution in [0, 0.1) is 0 Å². The minimum atomic E-state index is 0. The summed E-state index contributed by atoms with van der Waals surface area (Å²) < 4.78 is 5.02. The number of aromatic hydroxyl groups is 1. The van der Waals surface area contributed by atoms with E-state index in [9.17, 15) is 5.11 Å². The first kappa shape index (κ1) is 16.6. The summed E-state index contributed by atoms with van der Waals surface area (Å²) in [4.78, 5) is 7.28. The Morgan fingerprint density at radius 2 is 2.15 bits per heavy atom. The Morgan fingerprint density at radius 1 is 1.40 bits per heavy atom. The normalized spacial score (nSPS) is 10.3. The molecular formula is C13H18ClN3O2S. The minimum absolute atomic E-state index is 0. The minimum Gasteiger partial charge on any atom is -0.504 e. The number of aromatic nitrogens is 1. The van der Waals surface area contributed by atoms with E-state index in [1.165, 1.54) is 18.4 Å². The molecule has 1 aromatic heterocycles. The number of methoxy groups -OCH3 is 1. The maximum Gasteiger partial charge on any atom is 0.180 e. The standard InChI is InChI=1S/C13H17N3O2S.ClH/c1-16(8-10-6-15-13(14)19-10)7-9-3-4-12(18-2)11(17)5-9;/h3-6,17H,7-8H2,1-2H3,(H2,14,15);1H. The number of nitrogens with zero attached hydrogens (tertiary/aromatic N) is 2. The second-order valence-electron chi connectivity index (χ2n) is 4.34. The summed E-state index contributed by atoms with van der Waals surface area (Å²) in [5.41, 5.74) is 6.63. The summed E-state index contributed by atoms with van der Waals surface area (Å²) in [6.07, 6.45) is 1.79. The Labute approximate surface area is 128 Å². The van der Waals surface area contributed by atoms with E-state index in [0.29, 0.717) is 10.9 Å². The molecule has 0 radical (unpaired) electrons. The average molecular weight is 316 g/mol. The quantitative estimate of drug-likeness (QED) is 0.887. The highest BCUT2D eigenvalue weighted by molar-refractivity contribution is 7.15. The highest BCUT2D eigenvalue weighted by Crippen LogP contribution is 2.27. The van der Waals surface area contributed by atoms with Crippen LogP contribution >= 0.6 is 23.7 Å². The van der Waals surface area contributed by atoms with Crippen molar-refractivity contribution in [1.29, 1.82) is 0 Å². The van der Waals surface area contributed by atoms with Crippen molar-refractivity contribution in [3.05, 3.63) is 34.8 Å². The molecule has 0 saturated carbocycles. The van der Waals surface area contributed by atoms with Gasteiger partial charge >= 0.3 is 0 Å². The smallest absolute Gasteiger partial charge is 0.180 e. The van der Waals surface area contributed by atoms with Gasteiger partial charge in [0.15, 0.2) is 16.6 Å². The van der Waals surface area contributed by atoms with Gasteiger partial charge in [0.1, 0.15) is 0 Å². The second-order valence-corrected chi connectivity index (χ2v) is 5.49. The fourth-order valence-corrected chi connectivity index (χ4v) is 2.63. The Balaban J connectivity index is 0.00000200. The first-order chi connectivity index (χ1) is 9.08. The van der Waals surface area contributed by atoms with Gasteiger partial charge in [0.25, 0.3) is 0 Å². The third-order valence-electron chi connectivity index (χ3n) is 2.69. The number of phenols is 1. The van der Waals surface area contributed by atoms with E-state index < -0.39 is 0 Å². The molecular weight excluding hydrogens is 298 g/mol. The van der Waals surface area contributed by atoms with Gasteiger partial charge in [-0.2, -0.15) is 0 Å². The first-order valence-corrected chi connectivity index (χ1v) is 6.64. The van der Waals surface area contributed by atoms with Gasteiger partial charge in [0.2, 0.25) is 0 Å². The third-order valence-corrected chi connectivity index (χ3v) is 3.50. The summed E-state index contributed by atoms with van der Waals surface area (Å²) in [6, 6.07) is 5.43. The van der Waals surface area contributed by atoms with Gasteiger partial charge < -0.3 is 15.6 Å². The predicted molar refractivity (Wildman–Crippen MR) is 83.6 cm³/mol. The van der Waals surface area contributed by atoms with Crippen LogP contribution in [0.1, 0.15) is 10.4 Å². The summed E-state index contributed by atoms with van der Waals surface area (Å²) in [5, 5.41) is 10.3. The van der Waals surface area contributed by atoms with Crippen LogP contribution in [0.25, 0.3) is 0 Å². The monoisotopic (exact) mass is 315 g/mol. The van der Waals surface area contributed by atoms with E-state index in [1.54, 1.807) is 18.3 Å². The molecule has 20 heavy (non-hydrogen) atoms. The fourth-order valence-electron chi connectivity index (χ4n) is 1.86. The molecule has 0 saturated heterocycles. The van der Waals surface area contributed by atoms with Crippen molar-refractivity contribution >= 4 is 28.9 Å². The zero-order chi connectivity index (χ0) is 13.8. The second kappa shape index (κ2) is 7.33. The molecule has 110 valence electrons. The average Bonchev–Trinajstić information content (AvgIpc) is 2.74. The molecule has 1 aromatic carbocycles. The molecule has 0 aliphatic heterocycles. The highest BCUT2D eigenvalue weighted by atomic mass is 35.5. The predicted octanol–water partition coefficient (Wildman–Crippen LogP) is 2.49. The zero-order valence-corrected chi connectivity index (χ0v) is 13.0. The number of thiazole rings is 1. The van der Waals surface area contributed by atoms with Gasteiger partial charge in [0, 0.05) is 24.2 Å². The number of nitrogen functional groups attached to an aromatic ring is 1. The molecule has 0 atom stereocenters. The van der Waals surface area contributed by atoms with E-state index in [4.69, 9.17) is 10.5 Å². The number of phenolic OH excluding ortho intramolecular Hbond substituents is 1. The molecule has 1 heterocycles. The van der Waals surface area contributed by atoms with Crippen LogP contribution in [0.2, 0.25) is 0 Å². The Morgan fingerprint density at radius 3 is 2.70 bits per heavy atom. The number of benzene rings is 1. The number of hydrogen-bond donors (Lipinski definition) is 2. The maximum atomic E-state index is 9.73. The van der Waals surface area contributed by atoms with Crippen LogP contribution in [-0.2, 0) is 13.1 Å². The molecule has 0 unspecified atom stereocenters. The molecule has 0 aliphatic rings. The molecule has 5 nitrogen and oxygen atoms in total. The zero-order valence-electron chi connectivity index (χ0n) is 11.4. The van der Waals surface area contributed by atoms with E-state index in [-0.39, 0.29) is 18.2 Å². The molecule has 7 heteroatoms. The van der Waals surface area contributed by atoms with Crippen molar-refractivity contribution in [3.63, 3.8) is 0 Å². The van der Waals surface area contributed by atoms with E-state index in [0.717, 1.165) is 23.5 Å². The number of ether oxygens (including phenoxy) is 1. The largest absolute Gasteiger partial charge is 0.504 e. The van der Waals surface area contributed by atoms with Crippen LogP contribution in [0.4, 0.5) is 5.13 Å². The summed E-state index contributed by atoms with van der Waals surface area (Å²) >= 11 is 1.49. The SMILES string of the molecule is COc1ccc(CN(C)Cc2cnc(N)s2)cc1O.Cl. The Bertz CT molecular complexity index is 562. The Kier molecular flexibility index (Phi) is 6.06. The van der Waals surface area contributed by atoms with Gasteiger partial charge in [0.05, 0.1) is 7.11 Å². The summed E-state index contributed by atoms with van der Waals surface area (Å²) in [7, 11) is 3.55. The van der Waals surface area contributed by atoms with Crippen LogP contribution < -0.4 is 10.5 Å². The molecule has 2 aromatic rings. The number of anilines is 1. The van der Waals surface area contributed by atoms with Crippen molar-refractivity contribution in [2.45, 2.75) is 13.1 Å². The van der Waals surface area contributed by atoms with Gasteiger partial charge in [-0.05, 0) is 24.7 Å². The summed E-state index contributed by atoms with van der Waals surface area (Å²) in [6.45, 7) is 1.51. The van der Waals surface area contributed by atoms with Gasteiger partial charge in [-0.3, -0.25) is 4.90 Å². The molecule has 2 rings (SSSR count). The fraction of sp³-hybridized carbons (Fsp3) is 0.308. The lowest BCUT2D eigenvalue weighted by atomic mass is 10.2. The summed E-state index contributed by atoms with van der Waals surface area (Å²) in [5.74, 6) is 0.650. The van der Waals surface area contributed by atoms with Gasteiger partial charge in [-0.25, -0.2) is 4.98 Å². The van der Waals surface area contributed by atoms with Crippen molar-refractivity contribution in [1.82, 2.24) is 9.88 Å². The first-order valence-electron chi connectivity index (χ1n) is 5.83. The van der Waals surface area contributed by atoms with E-state index in [2.05, 4.69) is 9.88 Å². The molecule has 3 N–H and O–H groups in total. The van der Waals surface area contributed by atoms with E-state index >= 15 is 0 Å². The molecule has 0 aliphatic carbocycles. The number of halogens is 1. The molecule has 0 fully saturated rings.